The van der Waals surface area contributed by atoms with Gasteiger partial charge in [-0.05, 0) is 55.9 Å². The summed E-state index contributed by atoms with van der Waals surface area (Å²) in [5, 5.41) is 0.945. The van der Waals surface area contributed by atoms with Gasteiger partial charge in [-0.25, -0.2) is 0 Å². The van der Waals surface area contributed by atoms with Crippen molar-refractivity contribution in [2.45, 2.75) is 52.9 Å². The van der Waals surface area contributed by atoms with E-state index in [4.69, 9.17) is 9.15 Å². The number of carbonyl (C=O) groups is 3. The molecule has 0 radical (unpaired) electrons. The van der Waals surface area contributed by atoms with Gasteiger partial charge in [0.2, 0.25) is 11.8 Å². The lowest BCUT2D eigenvalue weighted by molar-refractivity contribution is -0.152. The van der Waals surface area contributed by atoms with Gasteiger partial charge in [0.05, 0.1) is 31.8 Å². The van der Waals surface area contributed by atoms with E-state index in [1.165, 1.54) is 16.0 Å². The van der Waals surface area contributed by atoms with Crippen LogP contribution >= 0.6 is 0 Å². The molecule has 7 heteroatoms. The van der Waals surface area contributed by atoms with Gasteiger partial charge in [-0.15, -0.1) is 0 Å². The van der Waals surface area contributed by atoms with Gasteiger partial charge in [0.15, 0.2) is 0 Å². The zero-order valence-corrected chi connectivity index (χ0v) is 19.8. The van der Waals surface area contributed by atoms with Gasteiger partial charge in [0.25, 0.3) is 0 Å². The smallest absolute Gasteiger partial charge is 0.310 e. The Bertz CT molecular complexity index is 994. The maximum atomic E-state index is 12.9. The van der Waals surface area contributed by atoms with Crippen molar-refractivity contribution in [1.29, 1.82) is 0 Å². The quantitative estimate of drug-likeness (QED) is 0.612. The Morgan fingerprint density at radius 1 is 1.28 bits per heavy atom. The average molecular weight is 443 g/mol. The molecule has 0 aliphatic carbocycles. The van der Waals surface area contributed by atoms with Crippen molar-refractivity contribution in [3.05, 3.63) is 35.1 Å². The number of ether oxygens (including phenoxy) is 1. The Hall–Kier alpha value is -2.83. The number of aryl methyl sites for hydroxylation is 1. The standard InChI is InChI=1S/C25H34N2O5/c1-6-31-25(30)18-8-7-9-27(13-18)24(29)14-26(5)23(28)11-19-15-32-22-10-17(4)20(16(2)3)12-21(19)22/h10,12,15-16,18H,6-9,11,13-14H2,1-5H3. The lowest BCUT2D eigenvalue weighted by Crippen LogP contribution is -2.47. The minimum Gasteiger partial charge on any atom is -0.466 e. The maximum absolute atomic E-state index is 12.9. The van der Waals surface area contributed by atoms with Crippen LogP contribution in [0.1, 0.15) is 56.2 Å². The molecule has 0 spiro atoms. The van der Waals surface area contributed by atoms with Gasteiger partial charge in [0, 0.05) is 31.1 Å². The van der Waals surface area contributed by atoms with E-state index < -0.39 is 0 Å². The van der Waals surface area contributed by atoms with Crippen LogP contribution in [0.4, 0.5) is 0 Å². The molecule has 0 bridgehead atoms. The molecule has 2 amide bonds. The molecule has 1 aliphatic heterocycles. The van der Waals surface area contributed by atoms with E-state index in [-0.39, 0.29) is 36.7 Å². The van der Waals surface area contributed by atoms with Gasteiger partial charge in [-0.2, -0.15) is 0 Å². The van der Waals surface area contributed by atoms with Crippen molar-refractivity contribution >= 4 is 28.8 Å². The third-order valence-electron chi connectivity index (χ3n) is 6.20. The number of furan rings is 1. The van der Waals surface area contributed by atoms with Crippen LogP contribution in [0.5, 0.6) is 0 Å². The first kappa shape index (κ1) is 23.8. The lowest BCUT2D eigenvalue weighted by Gasteiger charge is -2.32. The van der Waals surface area contributed by atoms with E-state index in [0.29, 0.717) is 25.6 Å². The number of rotatable bonds is 7. The third kappa shape index (κ3) is 5.31. The highest BCUT2D eigenvalue weighted by Gasteiger charge is 2.30. The summed E-state index contributed by atoms with van der Waals surface area (Å²) in [6.45, 7) is 9.40. The second-order valence-electron chi connectivity index (χ2n) is 8.98. The molecule has 32 heavy (non-hydrogen) atoms. The number of nitrogens with zero attached hydrogens (tertiary/aromatic N) is 2. The maximum Gasteiger partial charge on any atom is 0.310 e. The third-order valence-corrected chi connectivity index (χ3v) is 6.20. The Morgan fingerprint density at radius 3 is 2.72 bits per heavy atom. The van der Waals surface area contributed by atoms with Crippen molar-refractivity contribution in [3.63, 3.8) is 0 Å². The minimum absolute atomic E-state index is 0.0134. The van der Waals surface area contributed by atoms with Gasteiger partial charge in [-0.3, -0.25) is 14.4 Å². The SMILES string of the molecule is CCOC(=O)C1CCCN(C(=O)CN(C)C(=O)Cc2coc3cc(C)c(C(C)C)cc23)C1. The molecule has 1 atom stereocenters. The monoisotopic (exact) mass is 442 g/mol. The Kier molecular flexibility index (Phi) is 7.59. The first-order valence-corrected chi connectivity index (χ1v) is 11.4. The lowest BCUT2D eigenvalue weighted by atomic mass is 9.95. The predicted octanol–water partition coefficient (Wildman–Crippen LogP) is 3.67. The molecule has 0 saturated carbocycles. The van der Waals surface area contributed by atoms with Crippen LogP contribution in [0.25, 0.3) is 11.0 Å². The number of hydrogen-bond acceptors (Lipinski definition) is 5. The Morgan fingerprint density at radius 2 is 2.03 bits per heavy atom. The number of benzene rings is 1. The molecule has 1 aliphatic rings. The molecular formula is C25H34N2O5. The fraction of sp³-hybridized carbons (Fsp3) is 0.560. The number of carbonyl (C=O) groups excluding carboxylic acids is 3. The van der Waals surface area contributed by atoms with E-state index in [1.54, 1.807) is 25.1 Å². The van der Waals surface area contributed by atoms with E-state index in [9.17, 15) is 14.4 Å². The van der Waals surface area contributed by atoms with Gasteiger partial charge < -0.3 is 19.0 Å². The number of fused-ring (bicyclic) bond motifs is 1. The molecule has 0 N–H and O–H groups in total. The van der Waals surface area contributed by atoms with Crippen LogP contribution in [0.3, 0.4) is 0 Å². The number of likely N-dealkylation sites (tertiary alicyclic amines) is 1. The van der Waals surface area contributed by atoms with Crippen molar-refractivity contribution in [2.24, 2.45) is 5.92 Å². The zero-order chi connectivity index (χ0) is 23.4. The fourth-order valence-electron chi connectivity index (χ4n) is 4.35. The first-order chi connectivity index (χ1) is 15.2. The number of esters is 1. The van der Waals surface area contributed by atoms with Crippen LogP contribution in [-0.2, 0) is 25.5 Å². The molecular weight excluding hydrogens is 408 g/mol. The van der Waals surface area contributed by atoms with Crippen LogP contribution in [0.15, 0.2) is 22.8 Å². The van der Waals surface area contributed by atoms with Gasteiger partial charge >= 0.3 is 5.97 Å². The van der Waals surface area contributed by atoms with Crippen LogP contribution < -0.4 is 0 Å². The molecule has 174 valence electrons. The molecule has 1 fully saturated rings. The summed E-state index contributed by atoms with van der Waals surface area (Å²) in [5.41, 5.74) is 4.00. The number of piperidine rings is 1. The minimum atomic E-state index is -0.287. The molecule has 7 nitrogen and oxygen atoms in total. The second-order valence-corrected chi connectivity index (χ2v) is 8.98. The highest BCUT2D eigenvalue weighted by molar-refractivity contribution is 5.90. The van der Waals surface area contributed by atoms with E-state index in [1.807, 2.05) is 6.07 Å². The Balaban J connectivity index is 1.63. The average Bonchev–Trinajstić information content (AvgIpc) is 3.14. The molecule has 2 aromatic rings. The summed E-state index contributed by atoms with van der Waals surface area (Å²) in [6, 6.07) is 4.12. The largest absolute Gasteiger partial charge is 0.466 e. The Labute approximate surface area is 189 Å². The number of amides is 2. The van der Waals surface area contributed by atoms with E-state index >= 15 is 0 Å². The number of hydrogen-bond donors (Lipinski definition) is 0. The van der Waals surface area contributed by atoms with Gasteiger partial charge in [-0.1, -0.05) is 13.8 Å². The normalized spacial score (nSPS) is 16.4. The summed E-state index contributed by atoms with van der Waals surface area (Å²) >= 11 is 0. The van der Waals surface area contributed by atoms with Crippen molar-refractivity contribution in [1.82, 2.24) is 9.80 Å². The van der Waals surface area contributed by atoms with Crippen molar-refractivity contribution in [2.75, 3.05) is 33.3 Å². The summed E-state index contributed by atoms with van der Waals surface area (Å²) in [7, 11) is 1.64. The van der Waals surface area contributed by atoms with Gasteiger partial charge in [0.1, 0.15) is 5.58 Å². The topological polar surface area (TPSA) is 80.1 Å². The fourth-order valence-corrected chi connectivity index (χ4v) is 4.35. The molecule has 1 unspecified atom stereocenters. The molecule has 2 heterocycles. The highest BCUT2D eigenvalue weighted by Crippen LogP contribution is 2.29. The summed E-state index contributed by atoms with van der Waals surface area (Å²) in [6.07, 6.45) is 3.29. The first-order valence-electron chi connectivity index (χ1n) is 11.4. The molecule has 1 aromatic heterocycles. The molecule has 1 saturated heterocycles. The van der Waals surface area contributed by atoms with Crippen LogP contribution in [0.2, 0.25) is 0 Å². The second kappa shape index (κ2) is 10.2. The van der Waals surface area contributed by atoms with Crippen LogP contribution in [0, 0.1) is 12.8 Å². The number of likely N-dealkylation sites (N-methyl/N-ethyl adjacent to an activating group) is 1. The molecule has 3 rings (SSSR count). The predicted molar refractivity (Wildman–Crippen MR) is 122 cm³/mol. The summed E-state index contributed by atoms with van der Waals surface area (Å²) in [5.74, 6) is -0.459. The summed E-state index contributed by atoms with van der Waals surface area (Å²) in [4.78, 5) is 40.8. The van der Waals surface area contributed by atoms with Crippen molar-refractivity contribution in [3.8, 4) is 0 Å². The van der Waals surface area contributed by atoms with Crippen molar-refractivity contribution < 1.29 is 23.5 Å². The van der Waals surface area contributed by atoms with E-state index in [0.717, 1.165) is 29.4 Å². The summed E-state index contributed by atoms with van der Waals surface area (Å²) < 4.78 is 10.8. The van der Waals surface area contributed by atoms with Crippen LogP contribution in [-0.4, -0.2) is 60.9 Å². The zero-order valence-electron chi connectivity index (χ0n) is 19.8. The highest BCUT2D eigenvalue weighted by atomic mass is 16.5. The molecule has 1 aromatic carbocycles. The van der Waals surface area contributed by atoms with E-state index in [2.05, 4.69) is 26.8 Å².